The fourth-order valence-corrected chi connectivity index (χ4v) is 1.57. The van der Waals surface area contributed by atoms with E-state index in [1.807, 2.05) is 13.8 Å². The Morgan fingerprint density at radius 1 is 1.50 bits per heavy atom. The third-order valence-electron chi connectivity index (χ3n) is 2.86. The number of benzene rings is 1. The van der Waals surface area contributed by atoms with Crippen LogP contribution in [0.4, 0.5) is 14.9 Å². The molecular weight excluding hydrogens is 261 g/mol. The average Bonchev–Trinajstić information content (AvgIpc) is 2.39. The van der Waals surface area contributed by atoms with Crippen LogP contribution in [0.15, 0.2) is 18.2 Å². The van der Waals surface area contributed by atoms with E-state index >= 15 is 0 Å². The summed E-state index contributed by atoms with van der Waals surface area (Å²) in [7, 11) is 0. The number of nitriles is 1. The molecule has 3 N–H and O–H groups in total. The van der Waals surface area contributed by atoms with Crippen LogP contribution < -0.4 is 10.6 Å². The summed E-state index contributed by atoms with van der Waals surface area (Å²) < 4.78 is 13.1. The van der Waals surface area contributed by atoms with E-state index in [9.17, 15) is 9.18 Å². The van der Waals surface area contributed by atoms with E-state index in [0.29, 0.717) is 18.7 Å². The minimum Gasteiger partial charge on any atom is -0.396 e. The molecule has 0 aliphatic heterocycles. The topological polar surface area (TPSA) is 85.2 Å². The maximum Gasteiger partial charge on any atom is 0.319 e. The normalized spacial score (nSPS) is 10.8. The van der Waals surface area contributed by atoms with Gasteiger partial charge in [-0.2, -0.15) is 5.26 Å². The van der Waals surface area contributed by atoms with Crippen molar-refractivity contribution in [2.24, 2.45) is 5.41 Å². The molecule has 0 aliphatic rings. The van der Waals surface area contributed by atoms with Crippen LogP contribution in [-0.2, 0) is 0 Å². The van der Waals surface area contributed by atoms with Crippen LogP contribution in [-0.4, -0.2) is 24.3 Å². The van der Waals surface area contributed by atoms with E-state index in [1.54, 1.807) is 6.07 Å². The van der Waals surface area contributed by atoms with E-state index in [2.05, 4.69) is 10.6 Å². The molecule has 0 spiro atoms. The lowest BCUT2D eigenvalue weighted by Crippen LogP contribution is -2.37. The Morgan fingerprint density at radius 3 is 2.80 bits per heavy atom. The molecule has 108 valence electrons. The molecule has 0 saturated carbocycles. The molecule has 1 aromatic carbocycles. The number of hydrogen-bond donors (Lipinski definition) is 3. The van der Waals surface area contributed by atoms with E-state index in [4.69, 9.17) is 10.4 Å². The molecule has 2 amide bonds. The monoisotopic (exact) mass is 279 g/mol. The molecule has 1 rings (SSSR count). The van der Waals surface area contributed by atoms with Gasteiger partial charge in [-0.05, 0) is 30.0 Å². The Morgan fingerprint density at radius 2 is 2.20 bits per heavy atom. The minimum absolute atomic E-state index is 0.0553. The van der Waals surface area contributed by atoms with Crippen molar-refractivity contribution in [3.63, 3.8) is 0 Å². The van der Waals surface area contributed by atoms with Crippen molar-refractivity contribution < 1.29 is 14.3 Å². The first-order valence-corrected chi connectivity index (χ1v) is 6.23. The van der Waals surface area contributed by atoms with Crippen molar-refractivity contribution in [1.29, 1.82) is 5.26 Å². The fourth-order valence-electron chi connectivity index (χ4n) is 1.57. The zero-order valence-electron chi connectivity index (χ0n) is 11.5. The average molecular weight is 279 g/mol. The molecule has 0 aliphatic carbocycles. The Labute approximate surface area is 117 Å². The van der Waals surface area contributed by atoms with E-state index < -0.39 is 11.8 Å². The second-order valence-electron chi connectivity index (χ2n) is 5.25. The van der Waals surface area contributed by atoms with Gasteiger partial charge in [0.1, 0.15) is 11.9 Å². The van der Waals surface area contributed by atoms with Crippen LogP contribution in [0, 0.1) is 22.6 Å². The highest BCUT2D eigenvalue weighted by Crippen LogP contribution is 2.18. The van der Waals surface area contributed by atoms with Gasteiger partial charge in [-0.1, -0.05) is 13.8 Å². The number of halogens is 1. The van der Waals surface area contributed by atoms with Gasteiger partial charge in [0.05, 0.1) is 5.56 Å². The van der Waals surface area contributed by atoms with Crippen molar-refractivity contribution in [3.8, 4) is 6.07 Å². The number of carbonyl (C=O) groups is 1. The van der Waals surface area contributed by atoms with Crippen molar-refractivity contribution in [3.05, 3.63) is 29.6 Å². The lowest BCUT2D eigenvalue weighted by atomic mass is 9.90. The van der Waals surface area contributed by atoms with Gasteiger partial charge in [0.15, 0.2) is 0 Å². The summed E-state index contributed by atoms with van der Waals surface area (Å²) in [5.74, 6) is -0.623. The highest BCUT2D eigenvalue weighted by molar-refractivity contribution is 5.89. The fraction of sp³-hybridized carbons (Fsp3) is 0.429. The number of nitrogens with one attached hydrogen (secondary N) is 2. The lowest BCUT2D eigenvalue weighted by molar-refractivity contribution is 0.204. The van der Waals surface area contributed by atoms with E-state index in [-0.39, 0.29) is 17.6 Å². The van der Waals surface area contributed by atoms with E-state index in [1.165, 1.54) is 12.1 Å². The summed E-state index contributed by atoms with van der Waals surface area (Å²) in [6.45, 7) is 4.30. The predicted octanol–water partition coefficient (Wildman–Crippen LogP) is 2.23. The molecule has 0 saturated heterocycles. The van der Waals surface area contributed by atoms with Gasteiger partial charge in [-0.15, -0.1) is 0 Å². The number of aliphatic hydroxyl groups is 1. The molecular formula is C14H18FN3O2. The SMILES string of the molecule is CC(C)(CCO)CNC(=O)Nc1ccc(F)c(C#N)c1. The van der Waals surface area contributed by atoms with Crippen molar-refractivity contribution in [1.82, 2.24) is 5.32 Å². The maximum atomic E-state index is 13.1. The van der Waals surface area contributed by atoms with Crippen LogP contribution >= 0.6 is 0 Å². The molecule has 1 aromatic rings. The third-order valence-corrected chi connectivity index (χ3v) is 2.86. The summed E-state index contributed by atoms with van der Waals surface area (Å²) in [6, 6.07) is 5.05. The molecule has 0 bridgehead atoms. The van der Waals surface area contributed by atoms with Gasteiger partial charge >= 0.3 is 6.03 Å². The Balaban J connectivity index is 2.57. The first-order valence-electron chi connectivity index (χ1n) is 6.23. The number of hydrogen-bond acceptors (Lipinski definition) is 3. The number of rotatable bonds is 5. The van der Waals surface area contributed by atoms with Gasteiger partial charge < -0.3 is 15.7 Å². The van der Waals surface area contributed by atoms with Crippen LogP contribution in [0.2, 0.25) is 0 Å². The first-order chi connectivity index (χ1) is 9.38. The lowest BCUT2D eigenvalue weighted by Gasteiger charge is -2.23. The van der Waals surface area contributed by atoms with Gasteiger partial charge in [-0.3, -0.25) is 0 Å². The molecule has 0 radical (unpaired) electrons. The van der Waals surface area contributed by atoms with Gasteiger partial charge in [0.25, 0.3) is 0 Å². The number of carbonyl (C=O) groups excluding carboxylic acids is 1. The van der Waals surface area contributed by atoms with Crippen LogP contribution in [0.25, 0.3) is 0 Å². The second-order valence-corrected chi connectivity index (χ2v) is 5.25. The smallest absolute Gasteiger partial charge is 0.319 e. The second kappa shape index (κ2) is 6.87. The highest BCUT2D eigenvalue weighted by atomic mass is 19.1. The van der Waals surface area contributed by atoms with E-state index in [0.717, 1.165) is 6.07 Å². The Kier molecular flexibility index (Phi) is 5.47. The molecule has 0 heterocycles. The molecule has 0 atom stereocenters. The van der Waals surface area contributed by atoms with Crippen LogP contribution in [0.3, 0.4) is 0 Å². The Bertz CT molecular complexity index is 524. The molecule has 20 heavy (non-hydrogen) atoms. The summed E-state index contributed by atoms with van der Waals surface area (Å²) in [6.07, 6.45) is 0.572. The van der Waals surface area contributed by atoms with Crippen molar-refractivity contribution in [2.75, 3.05) is 18.5 Å². The molecule has 0 fully saturated rings. The zero-order chi connectivity index (χ0) is 15.2. The summed E-state index contributed by atoms with van der Waals surface area (Å²) >= 11 is 0. The summed E-state index contributed by atoms with van der Waals surface area (Å²) in [5.41, 5.74) is 0.0102. The Hall–Kier alpha value is -2.13. The molecule has 5 nitrogen and oxygen atoms in total. The van der Waals surface area contributed by atoms with Gasteiger partial charge in [-0.25, -0.2) is 9.18 Å². The third kappa shape index (κ3) is 4.86. The highest BCUT2D eigenvalue weighted by Gasteiger charge is 2.18. The van der Waals surface area contributed by atoms with Crippen LogP contribution in [0.1, 0.15) is 25.8 Å². The van der Waals surface area contributed by atoms with Crippen molar-refractivity contribution in [2.45, 2.75) is 20.3 Å². The first kappa shape index (κ1) is 15.9. The quantitative estimate of drug-likeness (QED) is 0.772. The van der Waals surface area contributed by atoms with Gasteiger partial charge in [0, 0.05) is 18.8 Å². The maximum absolute atomic E-state index is 13.1. The number of aliphatic hydroxyl groups excluding tert-OH is 1. The molecule has 0 unspecified atom stereocenters. The number of anilines is 1. The standard InChI is InChI=1S/C14H18FN3O2/c1-14(2,5-6-19)9-17-13(20)18-11-3-4-12(15)10(7-11)8-16/h3-4,7,19H,5-6,9H2,1-2H3,(H2,17,18,20). The largest absolute Gasteiger partial charge is 0.396 e. The number of urea groups is 1. The summed E-state index contributed by atoms with van der Waals surface area (Å²) in [5, 5.41) is 22.8. The number of nitrogens with zero attached hydrogens (tertiary/aromatic N) is 1. The number of amides is 2. The molecule has 0 aromatic heterocycles. The van der Waals surface area contributed by atoms with Gasteiger partial charge in [0.2, 0.25) is 0 Å². The van der Waals surface area contributed by atoms with Crippen LogP contribution in [0.5, 0.6) is 0 Å². The summed E-state index contributed by atoms with van der Waals surface area (Å²) in [4.78, 5) is 11.7. The molecule has 6 heteroatoms. The predicted molar refractivity (Wildman–Crippen MR) is 73.6 cm³/mol. The van der Waals surface area contributed by atoms with Crippen molar-refractivity contribution >= 4 is 11.7 Å². The minimum atomic E-state index is -0.623. The zero-order valence-corrected chi connectivity index (χ0v) is 11.5.